The Hall–Kier alpha value is -1.27. The monoisotopic (exact) mass is 223 g/mol. The van der Waals surface area contributed by atoms with Gasteiger partial charge in [-0.1, -0.05) is 6.92 Å². The predicted molar refractivity (Wildman–Crippen MR) is 40.6 cm³/mol. The van der Waals surface area contributed by atoms with Crippen LogP contribution < -0.4 is 0 Å². The second-order valence-corrected chi connectivity index (χ2v) is 3.73. The van der Waals surface area contributed by atoms with Gasteiger partial charge in [0, 0.05) is 5.92 Å². The van der Waals surface area contributed by atoms with E-state index in [1.54, 1.807) is 6.92 Å². The Morgan fingerprint density at radius 3 is 2.53 bits per heavy atom. The topological polar surface area (TPSA) is 46.6 Å². The maximum absolute atomic E-state index is 12.1. The summed E-state index contributed by atoms with van der Waals surface area (Å²) in [4.78, 5) is 22.6. The molecule has 4 nitrogen and oxygen atoms in total. The van der Waals surface area contributed by atoms with Crippen molar-refractivity contribution in [2.45, 2.75) is 25.2 Å². The summed E-state index contributed by atoms with van der Waals surface area (Å²) < 4.78 is 41.2. The van der Waals surface area contributed by atoms with E-state index in [4.69, 9.17) is 4.74 Å². The first-order valence-electron chi connectivity index (χ1n) is 4.40. The number of carbonyl (C=O) groups excluding carboxylic acids is 2. The number of morpholine rings is 1. The van der Waals surface area contributed by atoms with Gasteiger partial charge >= 0.3 is 18.1 Å². The largest absolute Gasteiger partial charge is 0.471 e. The minimum atomic E-state index is -4.93. The Morgan fingerprint density at radius 1 is 1.53 bits per heavy atom. The van der Waals surface area contributed by atoms with E-state index in [9.17, 15) is 22.8 Å². The molecule has 2 fully saturated rings. The molecule has 0 aromatic heterocycles. The molecule has 1 amide bonds. The lowest BCUT2D eigenvalue weighted by molar-refractivity contribution is -0.191. The van der Waals surface area contributed by atoms with Crippen LogP contribution in [0.5, 0.6) is 0 Å². The van der Waals surface area contributed by atoms with Gasteiger partial charge in [-0.3, -0.25) is 4.79 Å². The summed E-state index contributed by atoms with van der Waals surface area (Å²) in [5, 5.41) is 0. The first kappa shape index (κ1) is 10.3. The van der Waals surface area contributed by atoms with Gasteiger partial charge in [-0.05, 0) is 0 Å². The van der Waals surface area contributed by atoms with Crippen LogP contribution in [0.2, 0.25) is 0 Å². The highest BCUT2D eigenvalue weighted by Crippen LogP contribution is 2.36. The van der Waals surface area contributed by atoms with E-state index >= 15 is 0 Å². The average Bonchev–Trinajstić information content (AvgIpc) is 2.54. The van der Waals surface area contributed by atoms with Crippen LogP contribution in [0.4, 0.5) is 13.2 Å². The van der Waals surface area contributed by atoms with Crippen molar-refractivity contribution in [1.29, 1.82) is 0 Å². The number of nitrogens with zero attached hydrogens (tertiary/aromatic N) is 1. The van der Waals surface area contributed by atoms with Crippen molar-refractivity contribution in [3.05, 3.63) is 0 Å². The molecule has 0 aromatic rings. The Labute approximate surface area is 83.0 Å². The van der Waals surface area contributed by atoms with Crippen LogP contribution in [-0.2, 0) is 14.3 Å². The van der Waals surface area contributed by atoms with E-state index in [1.165, 1.54) is 0 Å². The van der Waals surface area contributed by atoms with Gasteiger partial charge in [-0.25, -0.2) is 4.79 Å². The van der Waals surface area contributed by atoms with E-state index in [0.717, 1.165) is 0 Å². The number of amides is 1. The van der Waals surface area contributed by atoms with Gasteiger partial charge in [-0.15, -0.1) is 0 Å². The van der Waals surface area contributed by atoms with E-state index < -0.39 is 30.2 Å². The third-order valence-corrected chi connectivity index (χ3v) is 2.81. The van der Waals surface area contributed by atoms with Crippen molar-refractivity contribution in [1.82, 2.24) is 4.90 Å². The first-order chi connectivity index (χ1) is 6.82. The Morgan fingerprint density at radius 2 is 2.13 bits per heavy atom. The second-order valence-electron chi connectivity index (χ2n) is 3.73. The number of fused-ring (bicyclic) bond motifs is 2. The molecule has 2 heterocycles. The van der Waals surface area contributed by atoms with E-state index in [-0.39, 0.29) is 12.5 Å². The third kappa shape index (κ3) is 1.37. The third-order valence-electron chi connectivity index (χ3n) is 2.81. The molecule has 2 rings (SSSR count). The molecule has 0 N–H and O–H groups in total. The van der Waals surface area contributed by atoms with Crippen molar-refractivity contribution >= 4 is 11.9 Å². The molecule has 2 saturated heterocycles. The van der Waals surface area contributed by atoms with Crippen molar-refractivity contribution < 1.29 is 27.5 Å². The lowest BCUT2D eigenvalue weighted by Crippen LogP contribution is -2.50. The smallest absolute Gasteiger partial charge is 0.459 e. The molecular formula is C8H8F3NO3. The Balaban J connectivity index is 2.21. The molecule has 0 spiro atoms. The zero-order valence-corrected chi connectivity index (χ0v) is 7.75. The lowest BCUT2D eigenvalue weighted by Gasteiger charge is -2.26. The molecule has 84 valence electrons. The maximum atomic E-state index is 12.1. The van der Waals surface area contributed by atoms with Gasteiger partial charge in [0.2, 0.25) is 0 Å². The summed E-state index contributed by atoms with van der Waals surface area (Å²) in [6.07, 6.45) is -5.52. The van der Waals surface area contributed by atoms with Crippen molar-refractivity contribution in [3.8, 4) is 0 Å². The minimum absolute atomic E-state index is 0.157. The van der Waals surface area contributed by atoms with Gasteiger partial charge in [0.05, 0.1) is 6.54 Å². The number of likely N-dealkylation sites (tertiary alicyclic amines) is 1. The molecule has 2 aliphatic heterocycles. The fraction of sp³-hybridized carbons (Fsp3) is 0.750. The van der Waals surface area contributed by atoms with Crippen LogP contribution in [0.3, 0.4) is 0 Å². The molecule has 0 aliphatic carbocycles. The standard InChI is InChI=1S/C8H8F3NO3/c1-3-4-2-12(5(3)6(13)15-4)7(14)8(9,10)11/h3-5H,2H2,1H3. The Bertz CT molecular complexity index is 328. The summed E-state index contributed by atoms with van der Waals surface area (Å²) in [6, 6.07) is -1.07. The summed E-state index contributed by atoms with van der Waals surface area (Å²) in [5.74, 6) is -3.06. The lowest BCUT2D eigenvalue weighted by atomic mass is 10.0. The van der Waals surface area contributed by atoms with Gasteiger partial charge in [0.1, 0.15) is 12.1 Å². The van der Waals surface area contributed by atoms with Crippen LogP contribution >= 0.6 is 0 Å². The van der Waals surface area contributed by atoms with Crippen molar-refractivity contribution in [3.63, 3.8) is 0 Å². The highest BCUT2D eigenvalue weighted by Gasteiger charge is 2.58. The number of hydrogen-bond donors (Lipinski definition) is 0. The second kappa shape index (κ2) is 2.86. The molecule has 7 heteroatoms. The fourth-order valence-corrected chi connectivity index (χ4v) is 2.04. The predicted octanol–water partition coefficient (Wildman–Crippen LogP) is 0.321. The summed E-state index contributed by atoms with van der Waals surface area (Å²) >= 11 is 0. The maximum Gasteiger partial charge on any atom is 0.471 e. The van der Waals surface area contributed by atoms with Crippen LogP contribution in [0.25, 0.3) is 0 Å². The Kier molecular flexibility index (Phi) is 1.96. The molecule has 0 radical (unpaired) electrons. The quantitative estimate of drug-likeness (QED) is 0.555. The number of rotatable bonds is 0. The van der Waals surface area contributed by atoms with Gasteiger partial charge in [-0.2, -0.15) is 13.2 Å². The van der Waals surface area contributed by atoms with Gasteiger partial charge in [0.25, 0.3) is 0 Å². The number of halogens is 3. The van der Waals surface area contributed by atoms with Crippen LogP contribution in [0.1, 0.15) is 6.92 Å². The van der Waals surface area contributed by atoms with Crippen LogP contribution in [-0.4, -0.2) is 41.6 Å². The summed E-state index contributed by atoms with van der Waals surface area (Å²) in [6.45, 7) is 1.44. The van der Waals surface area contributed by atoms with Crippen molar-refractivity contribution in [2.24, 2.45) is 5.92 Å². The molecule has 3 atom stereocenters. The molecule has 2 bridgehead atoms. The molecule has 0 aromatic carbocycles. The normalized spacial score (nSPS) is 34.5. The van der Waals surface area contributed by atoms with Crippen LogP contribution in [0.15, 0.2) is 0 Å². The number of hydrogen-bond acceptors (Lipinski definition) is 3. The first-order valence-corrected chi connectivity index (χ1v) is 4.40. The van der Waals surface area contributed by atoms with E-state index in [1.807, 2.05) is 0 Å². The number of alkyl halides is 3. The molecular weight excluding hydrogens is 215 g/mol. The number of ether oxygens (including phenoxy) is 1. The highest BCUT2D eigenvalue weighted by molar-refractivity contribution is 5.90. The highest BCUT2D eigenvalue weighted by atomic mass is 19.4. The molecule has 2 aliphatic rings. The van der Waals surface area contributed by atoms with Crippen LogP contribution in [0, 0.1) is 5.92 Å². The fourth-order valence-electron chi connectivity index (χ4n) is 2.04. The van der Waals surface area contributed by atoms with Gasteiger partial charge < -0.3 is 9.64 Å². The van der Waals surface area contributed by atoms with Crippen molar-refractivity contribution in [2.75, 3.05) is 6.54 Å². The minimum Gasteiger partial charge on any atom is -0.459 e. The average molecular weight is 223 g/mol. The summed E-state index contributed by atoms with van der Waals surface area (Å²) in [7, 11) is 0. The number of esters is 1. The molecule has 0 saturated carbocycles. The summed E-state index contributed by atoms with van der Waals surface area (Å²) in [5.41, 5.74) is 0. The number of carbonyl (C=O) groups is 2. The zero-order chi connectivity index (χ0) is 11.4. The van der Waals surface area contributed by atoms with Gasteiger partial charge in [0.15, 0.2) is 0 Å². The molecule has 3 unspecified atom stereocenters. The van der Waals surface area contributed by atoms with E-state index in [2.05, 4.69) is 0 Å². The molecule has 15 heavy (non-hydrogen) atoms. The SMILES string of the molecule is CC1C2CN(C(=O)C(F)(F)F)C1C(=O)O2. The zero-order valence-electron chi connectivity index (χ0n) is 7.75. The van der Waals surface area contributed by atoms with E-state index in [0.29, 0.717) is 4.90 Å².